The first-order valence-corrected chi connectivity index (χ1v) is 8.93. The molecule has 1 aliphatic rings. The molecule has 1 aliphatic carbocycles. The lowest BCUT2D eigenvalue weighted by atomic mass is 9.94. The summed E-state index contributed by atoms with van der Waals surface area (Å²) in [5.41, 5.74) is 1.84. The number of aldehydes is 1. The third-order valence-corrected chi connectivity index (χ3v) is 5.42. The number of carbonyl (C=O) groups is 1. The standard InChI is InChI=1S/C18H22N2OS/c1-2-20(15-11-7-4-8-12-15)18-19-17(16(13-21)22-18)14-9-5-3-6-10-14/h3,5-6,9-10,13,15H,2,4,7-8,11-12H2,1H3. The number of benzene rings is 1. The molecule has 0 bridgehead atoms. The van der Waals surface area contributed by atoms with Gasteiger partial charge < -0.3 is 4.90 Å². The van der Waals surface area contributed by atoms with Crippen molar-refractivity contribution in [2.75, 3.05) is 11.4 Å². The van der Waals surface area contributed by atoms with E-state index in [2.05, 4.69) is 11.8 Å². The maximum Gasteiger partial charge on any atom is 0.186 e. The molecule has 2 aromatic rings. The van der Waals surface area contributed by atoms with E-state index in [0.29, 0.717) is 6.04 Å². The Kier molecular flexibility index (Phi) is 4.88. The Morgan fingerprint density at radius 3 is 2.59 bits per heavy atom. The van der Waals surface area contributed by atoms with E-state index in [1.54, 1.807) is 0 Å². The summed E-state index contributed by atoms with van der Waals surface area (Å²) in [6.07, 6.45) is 7.38. The van der Waals surface area contributed by atoms with Gasteiger partial charge in [-0.25, -0.2) is 4.98 Å². The second-order valence-corrected chi connectivity index (χ2v) is 6.78. The van der Waals surface area contributed by atoms with Crippen molar-refractivity contribution in [2.24, 2.45) is 0 Å². The molecule has 0 N–H and O–H groups in total. The van der Waals surface area contributed by atoms with Crippen molar-refractivity contribution >= 4 is 22.8 Å². The van der Waals surface area contributed by atoms with E-state index in [0.717, 1.165) is 34.1 Å². The molecule has 0 unspecified atom stereocenters. The van der Waals surface area contributed by atoms with Gasteiger partial charge in [0, 0.05) is 18.2 Å². The first-order valence-electron chi connectivity index (χ1n) is 8.11. The Balaban J connectivity index is 1.93. The van der Waals surface area contributed by atoms with Crippen LogP contribution >= 0.6 is 11.3 Å². The van der Waals surface area contributed by atoms with Crippen molar-refractivity contribution in [3.8, 4) is 11.3 Å². The van der Waals surface area contributed by atoms with Gasteiger partial charge in [-0.2, -0.15) is 0 Å². The fourth-order valence-corrected chi connectivity index (χ4v) is 4.31. The fourth-order valence-electron chi connectivity index (χ4n) is 3.27. The van der Waals surface area contributed by atoms with Gasteiger partial charge in [0.1, 0.15) is 0 Å². The van der Waals surface area contributed by atoms with E-state index in [-0.39, 0.29) is 0 Å². The average molecular weight is 314 g/mol. The van der Waals surface area contributed by atoms with E-state index < -0.39 is 0 Å². The second kappa shape index (κ2) is 7.05. The van der Waals surface area contributed by atoms with Crippen LogP contribution in [0.25, 0.3) is 11.3 Å². The molecule has 4 heteroatoms. The van der Waals surface area contributed by atoms with Gasteiger partial charge in [-0.15, -0.1) is 0 Å². The summed E-state index contributed by atoms with van der Waals surface area (Å²) >= 11 is 1.53. The highest BCUT2D eigenvalue weighted by Gasteiger charge is 2.24. The smallest absolute Gasteiger partial charge is 0.186 e. The van der Waals surface area contributed by atoms with Crippen molar-refractivity contribution in [3.05, 3.63) is 35.2 Å². The van der Waals surface area contributed by atoms with E-state index in [1.807, 2.05) is 30.3 Å². The topological polar surface area (TPSA) is 33.2 Å². The zero-order valence-corrected chi connectivity index (χ0v) is 13.8. The summed E-state index contributed by atoms with van der Waals surface area (Å²) < 4.78 is 0. The van der Waals surface area contributed by atoms with Crippen molar-refractivity contribution in [1.82, 2.24) is 4.98 Å². The number of hydrogen-bond acceptors (Lipinski definition) is 4. The second-order valence-electron chi connectivity index (χ2n) is 5.77. The zero-order chi connectivity index (χ0) is 15.4. The predicted molar refractivity (Wildman–Crippen MR) is 92.8 cm³/mol. The van der Waals surface area contributed by atoms with Crippen LogP contribution in [-0.2, 0) is 0 Å². The van der Waals surface area contributed by atoms with E-state index in [9.17, 15) is 4.79 Å². The lowest BCUT2D eigenvalue weighted by Gasteiger charge is -2.33. The normalized spacial score (nSPS) is 15.7. The highest BCUT2D eigenvalue weighted by atomic mass is 32.1. The monoisotopic (exact) mass is 314 g/mol. The van der Waals surface area contributed by atoms with Crippen LogP contribution in [0.5, 0.6) is 0 Å². The van der Waals surface area contributed by atoms with Crippen LogP contribution in [0.4, 0.5) is 5.13 Å². The molecule has 1 aromatic heterocycles. The molecule has 1 aromatic carbocycles. The number of nitrogens with zero attached hydrogens (tertiary/aromatic N) is 2. The molecule has 0 spiro atoms. The SMILES string of the molecule is CCN(c1nc(-c2ccccc2)c(C=O)s1)C1CCCCC1. The molecule has 0 aliphatic heterocycles. The minimum atomic E-state index is 0.577. The summed E-state index contributed by atoms with van der Waals surface area (Å²) in [5, 5.41) is 0.996. The maximum absolute atomic E-state index is 11.5. The quantitative estimate of drug-likeness (QED) is 0.745. The van der Waals surface area contributed by atoms with Crippen LogP contribution in [0.15, 0.2) is 30.3 Å². The lowest BCUT2D eigenvalue weighted by molar-refractivity contribution is 0.112. The summed E-state index contributed by atoms with van der Waals surface area (Å²) in [6.45, 7) is 3.13. The summed E-state index contributed by atoms with van der Waals surface area (Å²) in [5.74, 6) is 0. The molecule has 3 rings (SSSR count). The van der Waals surface area contributed by atoms with Crippen LogP contribution in [0.1, 0.15) is 48.7 Å². The Labute approximate surface area is 136 Å². The lowest BCUT2D eigenvalue weighted by Crippen LogP contribution is -2.36. The van der Waals surface area contributed by atoms with Gasteiger partial charge >= 0.3 is 0 Å². The molecule has 0 saturated heterocycles. The Hall–Kier alpha value is -1.68. The summed E-state index contributed by atoms with van der Waals surface area (Å²) in [4.78, 5) is 19.4. The molecule has 1 heterocycles. The number of aromatic nitrogens is 1. The van der Waals surface area contributed by atoms with Gasteiger partial charge in [0.05, 0.1) is 10.6 Å². The average Bonchev–Trinajstić information content (AvgIpc) is 3.01. The number of rotatable bonds is 5. The summed E-state index contributed by atoms with van der Waals surface area (Å²) in [7, 11) is 0. The van der Waals surface area contributed by atoms with Gasteiger partial charge in [-0.05, 0) is 19.8 Å². The van der Waals surface area contributed by atoms with Gasteiger partial charge in [0.25, 0.3) is 0 Å². The number of thiazole rings is 1. The molecule has 0 atom stereocenters. The molecule has 3 nitrogen and oxygen atoms in total. The molecular formula is C18H22N2OS. The van der Waals surface area contributed by atoms with Gasteiger partial charge in [-0.1, -0.05) is 60.9 Å². The Morgan fingerprint density at radius 1 is 1.23 bits per heavy atom. The minimum absolute atomic E-state index is 0.577. The highest BCUT2D eigenvalue weighted by Crippen LogP contribution is 2.35. The molecule has 1 fully saturated rings. The molecule has 22 heavy (non-hydrogen) atoms. The van der Waals surface area contributed by atoms with E-state index in [1.165, 1.54) is 43.4 Å². The van der Waals surface area contributed by atoms with Crippen molar-refractivity contribution < 1.29 is 4.79 Å². The van der Waals surface area contributed by atoms with E-state index in [4.69, 9.17) is 4.98 Å². The molecule has 116 valence electrons. The number of hydrogen-bond donors (Lipinski definition) is 0. The first kappa shape index (κ1) is 15.2. The van der Waals surface area contributed by atoms with Gasteiger partial charge in [-0.3, -0.25) is 4.79 Å². The minimum Gasteiger partial charge on any atom is -0.345 e. The molecule has 0 amide bonds. The first-order chi connectivity index (χ1) is 10.8. The highest BCUT2D eigenvalue weighted by molar-refractivity contribution is 7.17. The fraction of sp³-hybridized carbons (Fsp3) is 0.444. The van der Waals surface area contributed by atoms with Crippen molar-refractivity contribution in [1.29, 1.82) is 0 Å². The summed E-state index contributed by atoms with van der Waals surface area (Å²) in [6, 6.07) is 10.6. The molecule has 0 radical (unpaired) electrons. The van der Waals surface area contributed by atoms with Crippen molar-refractivity contribution in [3.63, 3.8) is 0 Å². The Bertz CT molecular complexity index is 617. The number of carbonyl (C=O) groups excluding carboxylic acids is 1. The third-order valence-electron chi connectivity index (χ3n) is 4.40. The van der Waals surface area contributed by atoms with Crippen LogP contribution in [0.3, 0.4) is 0 Å². The third kappa shape index (κ3) is 3.07. The largest absolute Gasteiger partial charge is 0.345 e. The Morgan fingerprint density at radius 2 is 1.95 bits per heavy atom. The molecule has 1 saturated carbocycles. The maximum atomic E-state index is 11.5. The van der Waals surface area contributed by atoms with E-state index >= 15 is 0 Å². The van der Waals surface area contributed by atoms with Gasteiger partial charge in [0.2, 0.25) is 0 Å². The number of anilines is 1. The predicted octanol–water partition coefficient (Wildman–Crippen LogP) is 4.78. The van der Waals surface area contributed by atoms with Crippen LogP contribution < -0.4 is 4.90 Å². The van der Waals surface area contributed by atoms with Crippen LogP contribution in [0.2, 0.25) is 0 Å². The van der Waals surface area contributed by atoms with Gasteiger partial charge in [0.15, 0.2) is 11.4 Å². The van der Waals surface area contributed by atoms with Crippen LogP contribution in [-0.4, -0.2) is 23.9 Å². The van der Waals surface area contributed by atoms with Crippen molar-refractivity contribution in [2.45, 2.75) is 45.1 Å². The molecular weight excluding hydrogens is 292 g/mol. The zero-order valence-electron chi connectivity index (χ0n) is 13.0. The van der Waals surface area contributed by atoms with Crippen LogP contribution in [0, 0.1) is 0 Å².